The van der Waals surface area contributed by atoms with E-state index in [0.29, 0.717) is 0 Å². The summed E-state index contributed by atoms with van der Waals surface area (Å²) in [6, 6.07) is 14.3. The molecule has 1 N–H and O–H groups in total. The van der Waals surface area contributed by atoms with Gasteiger partial charge in [0, 0.05) is 0 Å². The third kappa shape index (κ3) is 2.76. The molecule has 92 valence electrons. The second kappa shape index (κ2) is 5.76. The van der Waals surface area contributed by atoms with Crippen LogP contribution in [0.4, 0.5) is 0 Å². The van der Waals surface area contributed by atoms with Gasteiger partial charge in [-0.25, -0.2) is 0 Å². The first-order chi connectivity index (χ1) is 8.74. The second-order valence-corrected chi connectivity index (χ2v) is 5.44. The van der Waals surface area contributed by atoms with Crippen LogP contribution in [-0.4, -0.2) is 12.2 Å². The van der Waals surface area contributed by atoms with Crippen LogP contribution in [0.2, 0.25) is 0 Å². The molecule has 0 fully saturated rings. The number of aliphatic hydroxyl groups is 1. The monoisotopic (exact) mass is 261 g/mol. The Bertz CT molecular complexity index is 482. The van der Waals surface area contributed by atoms with Crippen LogP contribution >= 0.6 is 7.80 Å². The van der Waals surface area contributed by atoms with E-state index in [9.17, 15) is 4.57 Å². The fraction of sp³-hybridized carbons (Fsp3) is 0.143. The van der Waals surface area contributed by atoms with Crippen LogP contribution in [0, 0.1) is 0 Å². The van der Waals surface area contributed by atoms with Gasteiger partial charge >= 0.3 is 7.80 Å². The number of hydrogen-bond donors (Lipinski definition) is 1. The highest BCUT2D eigenvalue weighted by molar-refractivity contribution is 7.61. The number of aliphatic hydroxyl groups excluding tert-OH is 1. The molecule has 0 aromatic heterocycles. The third-order valence-electron chi connectivity index (χ3n) is 2.66. The lowest BCUT2D eigenvalue weighted by Crippen LogP contribution is -2.06. The molecule has 0 aliphatic carbocycles. The van der Waals surface area contributed by atoms with Crippen molar-refractivity contribution in [3.63, 3.8) is 0 Å². The molecule has 0 spiro atoms. The lowest BCUT2D eigenvalue weighted by Gasteiger charge is -1.97. The Morgan fingerprint density at radius 3 is 1.94 bits per heavy atom. The highest BCUT2D eigenvalue weighted by Gasteiger charge is 2.22. The minimum absolute atomic E-state index is 0.000398. The molecule has 0 aliphatic rings. The van der Waals surface area contributed by atoms with Gasteiger partial charge in [-0.3, -0.25) is 0 Å². The van der Waals surface area contributed by atoms with Crippen molar-refractivity contribution in [3.05, 3.63) is 54.1 Å². The summed E-state index contributed by atoms with van der Waals surface area (Å²) in [4.78, 5) is 0. The Labute approximate surface area is 107 Å². The second-order valence-electron chi connectivity index (χ2n) is 3.82. The molecule has 0 aliphatic heterocycles. The van der Waals surface area contributed by atoms with Gasteiger partial charge in [-0.15, -0.1) is 0 Å². The van der Waals surface area contributed by atoms with Gasteiger partial charge in [0.1, 0.15) is 5.75 Å². The molecular formula is C14H14O3P+. The molecule has 0 bridgehead atoms. The zero-order valence-electron chi connectivity index (χ0n) is 10.0. The molecule has 3 nitrogen and oxygen atoms in total. The van der Waals surface area contributed by atoms with E-state index in [1.807, 2.05) is 0 Å². The predicted molar refractivity (Wildman–Crippen MR) is 72.2 cm³/mol. The van der Waals surface area contributed by atoms with E-state index in [-0.39, 0.29) is 6.61 Å². The first kappa shape index (κ1) is 12.7. The van der Waals surface area contributed by atoms with Gasteiger partial charge in [-0.2, -0.15) is 0 Å². The number of methoxy groups -OCH3 is 1. The normalized spacial score (nSPS) is 11.1. The van der Waals surface area contributed by atoms with Gasteiger partial charge in [-0.05, 0) is 42.0 Å². The van der Waals surface area contributed by atoms with Crippen molar-refractivity contribution in [2.24, 2.45) is 0 Å². The van der Waals surface area contributed by atoms with Crippen molar-refractivity contribution in [3.8, 4) is 5.75 Å². The highest BCUT2D eigenvalue weighted by atomic mass is 31.1. The Morgan fingerprint density at radius 1 is 1.00 bits per heavy atom. The van der Waals surface area contributed by atoms with Crippen LogP contribution in [0.5, 0.6) is 5.75 Å². The van der Waals surface area contributed by atoms with Crippen molar-refractivity contribution in [2.75, 3.05) is 7.11 Å². The number of benzene rings is 2. The first-order valence-electron chi connectivity index (χ1n) is 5.55. The molecule has 2 rings (SSSR count). The van der Waals surface area contributed by atoms with E-state index in [1.54, 1.807) is 55.6 Å². The molecule has 4 heteroatoms. The van der Waals surface area contributed by atoms with E-state index in [0.717, 1.165) is 21.9 Å². The number of ether oxygens (including phenoxy) is 1. The van der Waals surface area contributed by atoms with Crippen molar-refractivity contribution in [2.45, 2.75) is 6.61 Å². The van der Waals surface area contributed by atoms with Crippen LogP contribution < -0.4 is 15.3 Å². The minimum atomic E-state index is -1.59. The smallest absolute Gasteiger partial charge is 0.415 e. The van der Waals surface area contributed by atoms with Gasteiger partial charge in [0.2, 0.25) is 0 Å². The van der Waals surface area contributed by atoms with Crippen molar-refractivity contribution < 1.29 is 14.4 Å². The van der Waals surface area contributed by atoms with Crippen molar-refractivity contribution >= 4 is 18.4 Å². The summed E-state index contributed by atoms with van der Waals surface area (Å²) in [6.45, 7) is -0.000398. The van der Waals surface area contributed by atoms with Gasteiger partial charge in [-0.1, -0.05) is 16.7 Å². The van der Waals surface area contributed by atoms with Gasteiger partial charge in [0.25, 0.3) is 0 Å². The predicted octanol–water partition coefficient (Wildman–Crippen LogP) is 1.97. The third-order valence-corrected chi connectivity index (χ3v) is 4.19. The van der Waals surface area contributed by atoms with E-state index in [1.165, 1.54) is 0 Å². The molecule has 0 saturated carbocycles. The average molecular weight is 261 g/mol. The molecule has 1 unspecified atom stereocenters. The molecule has 2 aromatic rings. The van der Waals surface area contributed by atoms with Gasteiger partial charge < -0.3 is 9.84 Å². The molecule has 0 saturated heterocycles. The number of rotatable bonds is 4. The maximum absolute atomic E-state index is 12.3. The summed E-state index contributed by atoms with van der Waals surface area (Å²) in [5.74, 6) is 0.748. The van der Waals surface area contributed by atoms with Crippen molar-refractivity contribution in [1.29, 1.82) is 0 Å². The summed E-state index contributed by atoms with van der Waals surface area (Å²) in [5.41, 5.74) is 0.817. The van der Waals surface area contributed by atoms with E-state index in [4.69, 9.17) is 9.84 Å². The molecule has 0 amide bonds. The Morgan fingerprint density at radius 2 is 1.50 bits per heavy atom. The average Bonchev–Trinajstić information content (AvgIpc) is 2.47. The van der Waals surface area contributed by atoms with Crippen LogP contribution in [0.1, 0.15) is 5.56 Å². The topological polar surface area (TPSA) is 46.5 Å². The van der Waals surface area contributed by atoms with E-state index >= 15 is 0 Å². The molecule has 0 heterocycles. The maximum Gasteiger partial charge on any atom is 0.415 e. The van der Waals surface area contributed by atoms with Crippen LogP contribution in [0.15, 0.2) is 48.5 Å². The maximum atomic E-state index is 12.3. The van der Waals surface area contributed by atoms with E-state index in [2.05, 4.69) is 0 Å². The Kier molecular flexibility index (Phi) is 4.08. The number of hydrogen-bond acceptors (Lipinski definition) is 3. The van der Waals surface area contributed by atoms with E-state index < -0.39 is 7.80 Å². The summed E-state index contributed by atoms with van der Waals surface area (Å²) in [5, 5.41) is 10.5. The summed E-state index contributed by atoms with van der Waals surface area (Å²) >= 11 is 0. The summed E-state index contributed by atoms with van der Waals surface area (Å²) < 4.78 is 17.4. The Balaban J connectivity index is 2.23. The van der Waals surface area contributed by atoms with Crippen molar-refractivity contribution in [1.82, 2.24) is 0 Å². The van der Waals surface area contributed by atoms with Gasteiger partial charge in [0.05, 0.1) is 13.7 Å². The largest absolute Gasteiger partial charge is 0.497 e. The molecule has 1 atom stereocenters. The highest BCUT2D eigenvalue weighted by Crippen LogP contribution is 2.21. The minimum Gasteiger partial charge on any atom is -0.497 e. The Hall–Kier alpha value is -1.70. The van der Waals surface area contributed by atoms with Crippen LogP contribution in [0.3, 0.4) is 0 Å². The zero-order chi connectivity index (χ0) is 13.0. The lowest BCUT2D eigenvalue weighted by molar-refractivity contribution is 0.282. The molecule has 18 heavy (non-hydrogen) atoms. The standard InChI is InChI=1S/C14H14O3P/c1-17-12-4-8-14(9-5-12)18(16)13-6-2-11(10-15)3-7-13/h2-9,15H,10H2,1H3/q+1. The lowest BCUT2D eigenvalue weighted by atomic mass is 10.2. The quantitative estimate of drug-likeness (QED) is 0.856. The fourth-order valence-corrected chi connectivity index (χ4v) is 2.74. The van der Waals surface area contributed by atoms with Gasteiger partial charge in [0.15, 0.2) is 10.6 Å². The van der Waals surface area contributed by atoms with Crippen LogP contribution in [-0.2, 0) is 11.2 Å². The summed E-state index contributed by atoms with van der Waals surface area (Å²) in [7, 11) is 0.00708. The fourth-order valence-electron chi connectivity index (χ4n) is 1.60. The SMILES string of the molecule is COc1ccc([P+](=O)c2ccc(CO)cc2)cc1. The molecule has 2 aromatic carbocycles. The summed E-state index contributed by atoms with van der Waals surface area (Å²) in [6.07, 6.45) is 0. The van der Waals surface area contributed by atoms with Crippen LogP contribution in [0.25, 0.3) is 0 Å². The zero-order valence-corrected chi connectivity index (χ0v) is 10.9. The first-order valence-corrected chi connectivity index (χ1v) is 6.81. The molecular weight excluding hydrogens is 247 g/mol. The molecule has 0 radical (unpaired) electrons.